The van der Waals surface area contributed by atoms with Gasteiger partial charge >= 0.3 is 0 Å². The Kier molecular flexibility index (Phi) is 11.0. The van der Waals surface area contributed by atoms with Gasteiger partial charge in [-0.2, -0.15) is 0 Å². The number of carbonyl (C=O) groups is 2. The van der Waals surface area contributed by atoms with Crippen molar-refractivity contribution in [2.24, 2.45) is 5.41 Å². The summed E-state index contributed by atoms with van der Waals surface area (Å²) >= 11 is 0. The van der Waals surface area contributed by atoms with Crippen LogP contribution in [-0.4, -0.2) is 24.8 Å². The normalized spacial score (nSPS) is 15.3. The monoisotopic (exact) mass is 488 g/mol. The summed E-state index contributed by atoms with van der Waals surface area (Å²) in [7, 11) is 0. The van der Waals surface area contributed by atoms with Crippen LogP contribution in [0.2, 0.25) is 0 Å². The molecule has 1 fully saturated rings. The van der Waals surface area contributed by atoms with E-state index in [1.165, 1.54) is 0 Å². The lowest BCUT2D eigenvalue weighted by Gasteiger charge is -2.32. The topological polar surface area (TPSA) is 52.6 Å². The fraction of sp³-hybridized carbons (Fsp3) is 0.438. The van der Waals surface area contributed by atoms with Crippen molar-refractivity contribution in [2.75, 3.05) is 13.2 Å². The lowest BCUT2D eigenvalue weighted by Crippen LogP contribution is -2.39. The second kappa shape index (κ2) is 14.4. The predicted octanol–water partition coefficient (Wildman–Crippen LogP) is 7.86. The number of benzene rings is 2. The van der Waals surface area contributed by atoms with Crippen LogP contribution in [0.15, 0.2) is 60.7 Å². The van der Waals surface area contributed by atoms with Crippen molar-refractivity contribution in [3.8, 4) is 11.5 Å². The molecule has 0 N–H and O–H groups in total. The maximum atomic E-state index is 13.4. The minimum Gasteiger partial charge on any atom is -0.494 e. The highest BCUT2D eigenvalue weighted by molar-refractivity contribution is 6.17. The molecule has 0 saturated heterocycles. The Morgan fingerprint density at radius 2 is 1.11 bits per heavy atom. The largest absolute Gasteiger partial charge is 0.494 e. The summed E-state index contributed by atoms with van der Waals surface area (Å²) in [5, 5.41) is 0. The average molecular weight is 489 g/mol. The molecule has 1 saturated carbocycles. The number of hydrogen-bond acceptors (Lipinski definition) is 4. The van der Waals surface area contributed by atoms with Gasteiger partial charge in [-0.05, 0) is 73.2 Å². The van der Waals surface area contributed by atoms with Crippen LogP contribution in [-0.2, 0) is 9.59 Å². The average Bonchev–Trinajstić information content (AvgIpc) is 2.92. The first-order valence-corrected chi connectivity index (χ1v) is 13.5. The number of hydrogen-bond donors (Lipinski definition) is 0. The summed E-state index contributed by atoms with van der Waals surface area (Å²) in [5.74, 6) is 1.47. The zero-order valence-electron chi connectivity index (χ0n) is 21.8. The van der Waals surface area contributed by atoms with E-state index in [4.69, 9.17) is 9.47 Å². The number of unbranched alkanes of at least 4 members (excludes halogenated alkanes) is 2. The molecule has 36 heavy (non-hydrogen) atoms. The summed E-state index contributed by atoms with van der Waals surface area (Å²) in [5.41, 5.74) is 0.875. The Morgan fingerprint density at radius 1 is 0.694 bits per heavy atom. The van der Waals surface area contributed by atoms with Gasteiger partial charge in [-0.3, -0.25) is 9.59 Å². The zero-order valence-corrected chi connectivity index (χ0v) is 21.8. The van der Waals surface area contributed by atoms with Crippen LogP contribution in [0.4, 0.5) is 0 Å². The van der Waals surface area contributed by atoms with E-state index in [0.717, 1.165) is 67.6 Å². The van der Waals surface area contributed by atoms with Gasteiger partial charge in [0.25, 0.3) is 0 Å². The highest BCUT2D eigenvalue weighted by Crippen LogP contribution is 2.39. The molecule has 0 aliphatic heterocycles. The summed E-state index contributed by atoms with van der Waals surface area (Å²) in [6.07, 6.45) is 15.1. The summed E-state index contributed by atoms with van der Waals surface area (Å²) in [6.45, 7) is 5.68. The van der Waals surface area contributed by atoms with Crippen molar-refractivity contribution in [1.82, 2.24) is 0 Å². The van der Waals surface area contributed by atoms with Gasteiger partial charge < -0.3 is 9.47 Å². The fourth-order valence-corrected chi connectivity index (χ4v) is 4.45. The van der Waals surface area contributed by atoms with Crippen LogP contribution < -0.4 is 9.47 Å². The van der Waals surface area contributed by atoms with Crippen LogP contribution >= 0.6 is 0 Å². The second-order valence-electron chi connectivity index (χ2n) is 9.58. The van der Waals surface area contributed by atoms with E-state index in [1.807, 2.05) is 60.7 Å². The molecule has 4 heteroatoms. The minimum absolute atomic E-state index is 0.0974. The Morgan fingerprint density at radius 3 is 1.50 bits per heavy atom. The molecular formula is C32H40O4. The van der Waals surface area contributed by atoms with E-state index in [0.29, 0.717) is 26.1 Å². The molecule has 4 nitrogen and oxygen atoms in total. The molecule has 1 aliphatic carbocycles. The van der Waals surface area contributed by atoms with Gasteiger partial charge in [-0.25, -0.2) is 0 Å². The van der Waals surface area contributed by atoms with Crippen LogP contribution in [0, 0.1) is 5.41 Å². The smallest absolute Gasteiger partial charge is 0.169 e. The molecule has 1 aliphatic rings. The number of ketones is 2. The van der Waals surface area contributed by atoms with Gasteiger partial charge in [0.2, 0.25) is 0 Å². The molecule has 2 aromatic carbocycles. The minimum atomic E-state index is -0.961. The van der Waals surface area contributed by atoms with Crippen molar-refractivity contribution in [3.05, 3.63) is 71.8 Å². The molecule has 0 heterocycles. The number of carbonyl (C=O) groups excluding carboxylic acids is 2. The molecule has 0 spiro atoms. The zero-order chi connectivity index (χ0) is 25.6. The van der Waals surface area contributed by atoms with E-state index in [9.17, 15) is 9.59 Å². The molecule has 0 atom stereocenters. The first kappa shape index (κ1) is 27.4. The fourth-order valence-electron chi connectivity index (χ4n) is 4.45. The van der Waals surface area contributed by atoms with Crippen LogP contribution in [0.3, 0.4) is 0 Å². The number of allylic oxidation sites excluding steroid dienone is 2. The number of rotatable bonds is 14. The quantitative estimate of drug-likeness (QED) is 0.154. The van der Waals surface area contributed by atoms with E-state index >= 15 is 0 Å². The molecule has 3 rings (SSSR count). The Balaban J connectivity index is 1.66. The maximum absolute atomic E-state index is 13.4. The summed E-state index contributed by atoms with van der Waals surface area (Å²) in [4.78, 5) is 26.7. The molecule has 0 radical (unpaired) electrons. The van der Waals surface area contributed by atoms with Gasteiger partial charge in [0.1, 0.15) is 11.5 Å². The van der Waals surface area contributed by atoms with Crippen molar-refractivity contribution in [2.45, 2.75) is 71.6 Å². The lowest BCUT2D eigenvalue weighted by atomic mass is 9.68. The van der Waals surface area contributed by atoms with Gasteiger partial charge in [0, 0.05) is 0 Å². The molecular weight excluding hydrogens is 448 g/mol. The molecule has 2 aromatic rings. The van der Waals surface area contributed by atoms with E-state index in [-0.39, 0.29) is 11.6 Å². The van der Waals surface area contributed by atoms with Crippen LogP contribution in [0.25, 0.3) is 12.2 Å². The van der Waals surface area contributed by atoms with Crippen molar-refractivity contribution >= 4 is 23.7 Å². The Hall–Kier alpha value is -3.14. The van der Waals surface area contributed by atoms with Crippen molar-refractivity contribution in [3.63, 3.8) is 0 Å². The van der Waals surface area contributed by atoms with E-state index in [1.54, 1.807) is 12.2 Å². The highest BCUT2D eigenvalue weighted by Gasteiger charge is 2.43. The third-order valence-electron chi connectivity index (χ3n) is 6.80. The molecule has 0 amide bonds. The second-order valence-corrected chi connectivity index (χ2v) is 9.58. The Bertz CT molecular complexity index is 932. The van der Waals surface area contributed by atoms with E-state index < -0.39 is 5.41 Å². The standard InChI is InChI=1S/C32H40O4/c1-3-5-24-35-28-16-10-26(11-17-28)14-20-30(33)32(22-8-7-9-23-32)31(34)21-15-27-12-18-29(19-13-27)36-25-6-4-2/h10-21H,3-9,22-25H2,1-2H3/b20-14+,21-15+. The number of ether oxygens (including phenoxy) is 2. The third kappa shape index (κ3) is 7.94. The van der Waals surface area contributed by atoms with Gasteiger partial charge in [-0.1, -0.05) is 82.4 Å². The molecule has 0 unspecified atom stereocenters. The van der Waals surface area contributed by atoms with Gasteiger partial charge in [0.15, 0.2) is 11.6 Å². The highest BCUT2D eigenvalue weighted by atomic mass is 16.5. The first-order valence-electron chi connectivity index (χ1n) is 13.5. The molecule has 192 valence electrons. The van der Waals surface area contributed by atoms with Gasteiger partial charge in [-0.15, -0.1) is 0 Å². The predicted molar refractivity (Wildman–Crippen MR) is 147 cm³/mol. The van der Waals surface area contributed by atoms with E-state index in [2.05, 4.69) is 13.8 Å². The lowest BCUT2D eigenvalue weighted by molar-refractivity contribution is -0.137. The molecule has 0 bridgehead atoms. The Labute approximate surface area is 216 Å². The molecule has 0 aromatic heterocycles. The van der Waals surface area contributed by atoms with Gasteiger partial charge in [0.05, 0.1) is 18.6 Å². The summed E-state index contributed by atoms with van der Waals surface area (Å²) in [6, 6.07) is 15.4. The third-order valence-corrected chi connectivity index (χ3v) is 6.80. The maximum Gasteiger partial charge on any atom is 0.169 e. The van der Waals surface area contributed by atoms with Crippen molar-refractivity contribution in [1.29, 1.82) is 0 Å². The van der Waals surface area contributed by atoms with Crippen molar-refractivity contribution < 1.29 is 19.1 Å². The first-order chi connectivity index (χ1) is 17.6. The SMILES string of the molecule is CCCCOc1ccc(/C=C/C(=O)C2(C(=O)/C=C/c3ccc(OCCCC)cc3)CCCCC2)cc1. The summed E-state index contributed by atoms with van der Waals surface area (Å²) < 4.78 is 11.4. The van der Waals surface area contributed by atoms with Crippen LogP contribution in [0.5, 0.6) is 11.5 Å². The van der Waals surface area contributed by atoms with Crippen LogP contribution in [0.1, 0.15) is 82.8 Å².